The van der Waals surface area contributed by atoms with Gasteiger partial charge in [0.25, 0.3) is 5.91 Å². The summed E-state index contributed by atoms with van der Waals surface area (Å²) in [6.45, 7) is 2.89. The lowest BCUT2D eigenvalue weighted by atomic mass is 10.1. The molecule has 0 atom stereocenters. The SMILES string of the molecule is CCCOc1ccc(Br)cc1C(=O)NCc1ccc(Cl)cc1Cl. The number of rotatable bonds is 6. The number of ether oxygens (including phenoxy) is 1. The Balaban J connectivity index is 2.12. The number of benzene rings is 2. The van der Waals surface area contributed by atoms with Gasteiger partial charge in [0.05, 0.1) is 12.2 Å². The number of halogens is 3. The van der Waals surface area contributed by atoms with Crippen LogP contribution in [-0.2, 0) is 6.54 Å². The highest BCUT2D eigenvalue weighted by Crippen LogP contribution is 2.24. The van der Waals surface area contributed by atoms with Crippen molar-refractivity contribution >= 4 is 45.0 Å². The highest BCUT2D eigenvalue weighted by Gasteiger charge is 2.14. The van der Waals surface area contributed by atoms with E-state index < -0.39 is 0 Å². The summed E-state index contributed by atoms with van der Waals surface area (Å²) in [6.07, 6.45) is 0.873. The van der Waals surface area contributed by atoms with Crippen molar-refractivity contribution in [3.05, 3.63) is 62.0 Å². The van der Waals surface area contributed by atoms with Gasteiger partial charge >= 0.3 is 0 Å². The molecule has 0 bridgehead atoms. The minimum Gasteiger partial charge on any atom is -0.493 e. The number of carbonyl (C=O) groups excluding carboxylic acids is 1. The monoisotopic (exact) mass is 415 g/mol. The van der Waals surface area contributed by atoms with Crippen LogP contribution in [0.15, 0.2) is 40.9 Å². The molecule has 0 aliphatic heterocycles. The van der Waals surface area contributed by atoms with Crippen molar-refractivity contribution in [2.75, 3.05) is 6.61 Å². The molecular weight excluding hydrogens is 401 g/mol. The van der Waals surface area contributed by atoms with Crippen molar-refractivity contribution in [1.82, 2.24) is 5.32 Å². The van der Waals surface area contributed by atoms with Gasteiger partial charge in [0.2, 0.25) is 0 Å². The molecule has 2 aromatic rings. The van der Waals surface area contributed by atoms with Gasteiger partial charge in [0, 0.05) is 21.1 Å². The maximum Gasteiger partial charge on any atom is 0.255 e. The van der Waals surface area contributed by atoms with E-state index in [-0.39, 0.29) is 5.91 Å². The second-order valence-corrected chi connectivity index (χ2v) is 6.67. The average molecular weight is 417 g/mol. The Morgan fingerprint density at radius 3 is 2.70 bits per heavy atom. The summed E-state index contributed by atoms with van der Waals surface area (Å²) in [6, 6.07) is 10.6. The maximum absolute atomic E-state index is 12.5. The molecule has 2 aromatic carbocycles. The zero-order chi connectivity index (χ0) is 16.8. The van der Waals surface area contributed by atoms with Crippen LogP contribution in [0.25, 0.3) is 0 Å². The lowest BCUT2D eigenvalue weighted by Crippen LogP contribution is -2.23. The molecule has 0 fully saturated rings. The molecule has 0 radical (unpaired) electrons. The van der Waals surface area contributed by atoms with E-state index >= 15 is 0 Å². The Hall–Kier alpha value is -1.23. The van der Waals surface area contributed by atoms with Gasteiger partial charge in [-0.3, -0.25) is 4.79 Å². The number of amides is 1. The zero-order valence-electron chi connectivity index (χ0n) is 12.5. The van der Waals surface area contributed by atoms with Gasteiger partial charge in [0.15, 0.2) is 0 Å². The molecular formula is C17H16BrCl2NO2. The number of hydrogen-bond donors (Lipinski definition) is 1. The van der Waals surface area contributed by atoms with Crippen LogP contribution in [0.5, 0.6) is 5.75 Å². The third kappa shape index (κ3) is 5.13. The fourth-order valence-corrected chi connectivity index (χ4v) is 2.79. The Morgan fingerprint density at radius 2 is 2.00 bits per heavy atom. The Labute approximate surface area is 154 Å². The molecule has 0 aliphatic carbocycles. The first-order valence-electron chi connectivity index (χ1n) is 7.15. The number of carbonyl (C=O) groups is 1. The van der Waals surface area contributed by atoms with E-state index in [1.54, 1.807) is 30.3 Å². The summed E-state index contributed by atoms with van der Waals surface area (Å²) in [5, 5.41) is 3.94. The van der Waals surface area contributed by atoms with Crippen molar-refractivity contribution in [2.24, 2.45) is 0 Å². The van der Waals surface area contributed by atoms with Crippen LogP contribution in [0.3, 0.4) is 0 Å². The molecule has 23 heavy (non-hydrogen) atoms. The largest absolute Gasteiger partial charge is 0.493 e. The highest BCUT2D eigenvalue weighted by molar-refractivity contribution is 9.10. The lowest BCUT2D eigenvalue weighted by molar-refractivity contribution is 0.0946. The van der Waals surface area contributed by atoms with E-state index in [2.05, 4.69) is 21.2 Å². The summed E-state index contributed by atoms with van der Waals surface area (Å²) in [7, 11) is 0. The van der Waals surface area contributed by atoms with Gasteiger partial charge in [-0.15, -0.1) is 0 Å². The molecule has 3 nitrogen and oxygen atoms in total. The normalized spacial score (nSPS) is 10.4. The molecule has 122 valence electrons. The molecule has 0 unspecified atom stereocenters. The highest BCUT2D eigenvalue weighted by atomic mass is 79.9. The van der Waals surface area contributed by atoms with Gasteiger partial charge in [-0.2, -0.15) is 0 Å². The van der Waals surface area contributed by atoms with E-state index in [0.29, 0.717) is 34.5 Å². The third-order valence-corrected chi connectivity index (χ3v) is 4.18. The summed E-state index contributed by atoms with van der Waals surface area (Å²) in [5.74, 6) is 0.346. The average Bonchev–Trinajstić information content (AvgIpc) is 2.52. The van der Waals surface area contributed by atoms with Crippen molar-refractivity contribution in [2.45, 2.75) is 19.9 Å². The predicted octanol–water partition coefficient (Wildman–Crippen LogP) is 5.47. The van der Waals surface area contributed by atoms with Gasteiger partial charge in [0.1, 0.15) is 5.75 Å². The molecule has 0 aliphatic rings. The fourth-order valence-electron chi connectivity index (χ4n) is 1.95. The summed E-state index contributed by atoms with van der Waals surface area (Å²) >= 11 is 15.4. The molecule has 0 heterocycles. The van der Waals surface area contributed by atoms with E-state index in [4.69, 9.17) is 27.9 Å². The molecule has 0 saturated heterocycles. The van der Waals surface area contributed by atoms with Crippen LogP contribution in [-0.4, -0.2) is 12.5 Å². The zero-order valence-corrected chi connectivity index (χ0v) is 15.6. The van der Waals surface area contributed by atoms with Crippen molar-refractivity contribution < 1.29 is 9.53 Å². The minimum atomic E-state index is -0.219. The molecule has 0 aromatic heterocycles. The lowest BCUT2D eigenvalue weighted by Gasteiger charge is -2.12. The van der Waals surface area contributed by atoms with Crippen molar-refractivity contribution in [3.8, 4) is 5.75 Å². The summed E-state index contributed by atoms with van der Waals surface area (Å²) < 4.78 is 6.44. The van der Waals surface area contributed by atoms with Crippen molar-refractivity contribution in [3.63, 3.8) is 0 Å². The molecule has 1 amide bonds. The van der Waals surface area contributed by atoms with E-state index in [9.17, 15) is 4.79 Å². The Morgan fingerprint density at radius 1 is 1.22 bits per heavy atom. The second kappa shape index (κ2) is 8.57. The predicted molar refractivity (Wildman–Crippen MR) is 97.6 cm³/mol. The topological polar surface area (TPSA) is 38.3 Å². The first kappa shape index (κ1) is 18.1. The third-order valence-electron chi connectivity index (χ3n) is 3.10. The van der Waals surface area contributed by atoms with E-state index in [0.717, 1.165) is 16.5 Å². The summed E-state index contributed by atoms with van der Waals surface area (Å²) in [5.41, 5.74) is 1.29. The van der Waals surface area contributed by atoms with Gasteiger partial charge in [-0.1, -0.05) is 52.1 Å². The molecule has 0 saturated carbocycles. The van der Waals surface area contributed by atoms with Crippen LogP contribution in [0.2, 0.25) is 10.0 Å². The number of hydrogen-bond acceptors (Lipinski definition) is 2. The van der Waals surface area contributed by atoms with Crippen LogP contribution in [0, 0.1) is 0 Å². The first-order chi connectivity index (χ1) is 11.0. The molecule has 1 N–H and O–H groups in total. The van der Waals surface area contributed by atoms with Crippen LogP contribution in [0.1, 0.15) is 29.3 Å². The van der Waals surface area contributed by atoms with Crippen LogP contribution < -0.4 is 10.1 Å². The molecule has 6 heteroatoms. The van der Waals surface area contributed by atoms with Crippen LogP contribution >= 0.6 is 39.1 Å². The fraction of sp³-hybridized carbons (Fsp3) is 0.235. The van der Waals surface area contributed by atoms with Gasteiger partial charge < -0.3 is 10.1 Å². The second-order valence-electron chi connectivity index (χ2n) is 4.91. The Bertz CT molecular complexity index is 707. The first-order valence-corrected chi connectivity index (χ1v) is 8.70. The van der Waals surface area contributed by atoms with Gasteiger partial charge in [-0.25, -0.2) is 0 Å². The smallest absolute Gasteiger partial charge is 0.255 e. The number of nitrogens with one attached hydrogen (secondary N) is 1. The summed E-state index contributed by atoms with van der Waals surface area (Å²) in [4.78, 5) is 12.5. The Kier molecular flexibility index (Phi) is 6.75. The van der Waals surface area contributed by atoms with Gasteiger partial charge in [-0.05, 0) is 42.3 Å². The molecule has 0 spiro atoms. The van der Waals surface area contributed by atoms with E-state index in [1.807, 2.05) is 13.0 Å². The minimum absolute atomic E-state index is 0.219. The van der Waals surface area contributed by atoms with Crippen molar-refractivity contribution in [1.29, 1.82) is 0 Å². The standard InChI is InChI=1S/C17H16BrCl2NO2/c1-2-7-23-16-6-4-12(18)8-14(16)17(22)21-10-11-3-5-13(19)9-15(11)20/h3-6,8-9H,2,7,10H2,1H3,(H,21,22). The molecule has 2 rings (SSSR count). The quantitative estimate of drug-likeness (QED) is 0.677. The van der Waals surface area contributed by atoms with E-state index in [1.165, 1.54) is 0 Å². The van der Waals surface area contributed by atoms with Crippen LogP contribution in [0.4, 0.5) is 0 Å². The maximum atomic E-state index is 12.5.